The van der Waals surface area contributed by atoms with E-state index in [9.17, 15) is 9.90 Å². The van der Waals surface area contributed by atoms with E-state index in [1.807, 2.05) is 32.0 Å². The Kier molecular flexibility index (Phi) is 5.66. The number of hydrogen-bond donors (Lipinski definition) is 2. The molecule has 0 radical (unpaired) electrons. The van der Waals surface area contributed by atoms with Gasteiger partial charge in [0.05, 0.1) is 12.6 Å². The number of aliphatic hydroxyl groups is 1. The molecule has 0 bridgehead atoms. The Hall–Kier alpha value is -1.75. The van der Waals surface area contributed by atoms with Gasteiger partial charge < -0.3 is 20.1 Å². The van der Waals surface area contributed by atoms with Gasteiger partial charge in [0.1, 0.15) is 12.4 Å². The Morgan fingerprint density at radius 2 is 2.05 bits per heavy atom. The van der Waals surface area contributed by atoms with E-state index in [1.165, 1.54) is 4.90 Å². The normalized spacial score (nSPS) is 15.3. The molecule has 1 fully saturated rings. The molecule has 1 aliphatic carbocycles. The lowest BCUT2D eigenvalue weighted by molar-refractivity contribution is 0.113. The zero-order valence-electron chi connectivity index (χ0n) is 13.6. The van der Waals surface area contributed by atoms with Crippen LogP contribution in [0.5, 0.6) is 5.75 Å². The van der Waals surface area contributed by atoms with Crippen molar-refractivity contribution in [3.05, 3.63) is 29.3 Å². The van der Waals surface area contributed by atoms with Gasteiger partial charge in [0.25, 0.3) is 0 Å². The first-order valence-corrected chi connectivity index (χ1v) is 7.85. The molecule has 2 N–H and O–H groups in total. The molecule has 5 heteroatoms. The molecule has 0 aliphatic heterocycles. The van der Waals surface area contributed by atoms with Gasteiger partial charge >= 0.3 is 6.03 Å². The Labute approximate surface area is 132 Å². The average molecular weight is 306 g/mol. The minimum atomic E-state index is -0.401. The molecule has 2 rings (SSSR count). The van der Waals surface area contributed by atoms with Crippen molar-refractivity contribution in [2.45, 2.75) is 32.8 Å². The van der Waals surface area contributed by atoms with Gasteiger partial charge in [-0.05, 0) is 43.7 Å². The van der Waals surface area contributed by atoms with E-state index in [0.717, 1.165) is 29.7 Å². The van der Waals surface area contributed by atoms with Gasteiger partial charge in [-0.3, -0.25) is 0 Å². The van der Waals surface area contributed by atoms with Crippen LogP contribution in [0.2, 0.25) is 0 Å². The summed E-state index contributed by atoms with van der Waals surface area (Å²) in [6, 6.07) is 5.84. The molecule has 122 valence electrons. The second-order valence-corrected chi connectivity index (χ2v) is 6.09. The lowest BCUT2D eigenvalue weighted by Crippen LogP contribution is -2.43. The number of ether oxygens (including phenoxy) is 1. The summed E-state index contributed by atoms with van der Waals surface area (Å²) in [6.45, 7) is 5.27. The number of likely N-dealkylation sites (N-methyl/N-ethyl adjacent to an activating group) is 1. The zero-order valence-corrected chi connectivity index (χ0v) is 13.6. The number of urea groups is 1. The van der Waals surface area contributed by atoms with Crippen molar-refractivity contribution >= 4 is 6.03 Å². The third-order valence-electron chi connectivity index (χ3n) is 4.01. The zero-order chi connectivity index (χ0) is 16.1. The van der Waals surface area contributed by atoms with E-state index < -0.39 is 6.10 Å². The lowest BCUT2D eigenvalue weighted by Gasteiger charge is -2.21. The van der Waals surface area contributed by atoms with E-state index in [1.54, 1.807) is 7.05 Å². The summed E-state index contributed by atoms with van der Waals surface area (Å²) in [5.74, 6) is 1.26. The topological polar surface area (TPSA) is 61.8 Å². The van der Waals surface area contributed by atoms with Gasteiger partial charge in [-0.25, -0.2) is 4.79 Å². The first-order chi connectivity index (χ1) is 10.5. The molecule has 0 saturated heterocycles. The third kappa shape index (κ3) is 4.63. The predicted octanol–water partition coefficient (Wildman–Crippen LogP) is 2.09. The van der Waals surface area contributed by atoms with Crippen LogP contribution in [-0.4, -0.2) is 48.9 Å². The summed E-state index contributed by atoms with van der Waals surface area (Å²) >= 11 is 0. The van der Waals surface area contributed by atoms with Gasteiger partial charge in [-0.2, -0.15) is 0 Å². The maximum Gasteiger partial charge on any atom is 0.317 e. The fourth-order valence-electron chi connectivity index (χ4n) is 2.47. The van der Waals surface area contributed by atoms with Crippen LogP contribution in [0.4, 0.5) is 4.79 Å². The molecule has 1 unspecified atom stereocenters. The largest absolute Gasteiger partial charge is 0.491 e. The summed E-state index contributed by atoms with van der Waals surface area (Å²) in [7, 11) is 1.70. The Bertz CT molecular complexity index is 494. The molecule has 0 heterocycles. The number of para-hydroxylation sites is 1. The number of nitrogens with zero attached hydrogens (tertiary/aromatic N) is 1. The molecule has 1 aromatic rings. The molecule has 1 saturated carbocycles. The fourth-order valence-corrected chi connectivity index (χ4v) is 2.47. The van der Waals surface area contributed by atoms with Crippen molar-refractivity contribution in [1.29, 1.82) is 0 Å². The van der Waals surface area contributed by atoms with Crippen LogP contribution < -0.4 is 10.1 Å². The highest BCUT2D eigenvalue weighted by Crippen LogP contribution is 2.32. The van der Waals surface area contributed by atoms with Gasteiger partial charge in [0, 0.05) is 13.6 Å². The van der Waals surface area contributed by atoms with Crippen LogP contribution in [0, 0.1) is 19.8 Å². The number of rotatable bonds is 7. The molecule has 1 aromatic carbocycles. The van der Waals surface area contributed by atoms with Crippen molar-refractivity contribution in [2.24, 2.45) is 5.92 Å². The summed E-state index contributed by atoms with van der Waals surface area (Å²) < 4.78 is 5.74. The molecule has 2 amide bonds. The number of nitrogens with one attached hydrogen (secondary N) is 1. The highest BCUT2D eigenvalue weighted by atomic mass is 16.5. The smallest absolute Gasteiger partial charge is 0.317 e. The average Bonchev–Trinajstić information content (AvgIpc) is 3.30. The second-order valence-electron chi connectivity index (χ2n) is 6.09. The van der Waals surface area contributed by atoms with Crippen molar-refractivity contribution in [1.82, 2.24) is 10.2 Å². The molecule has 0 spiro atoms. The van der Waals surface area contributed by atoms with Crippen LogP contribution in [0.1, 0.15) is 24.0 Å². The summed E-state index contributed by atoms with van der Waals surface area (Å²) in [6.07, 6.45) is 1.74. The van der Waals surface area contributed by atoms with Gasteiger partial charge in [-0.15, -0.1) is 0 Å². The SMILES string of the molecule is Cc1cccc(C)c1OCCNC(=O)N(C)CC(O)C1CC1. The van der Waals surface area contributed by atoms with E-state index in [4.69, 9.17) is 4.74 Å². The van der Waals surface area contributed by atoms with Crippen molar-refractivity contribution < 1.29 is 14.6 Å². The number of aliphatic hydroxyl groups excluding tert-OH is 1. The van der Waals surface area contributed by atoms with Crippen LogP contribution in [0.3, 0.4) is 0 Å². The molecule has 1 aliphatic rings. The second kappa shape index (κ2) is 7.49. The molecule has 5 nitrogen and oxygen atoms in total. The van der Waals surface area contributed by atoms with Crippen molar-refractivity contribution in [3.8, 4) is 5.75 Å². The first-order valence-electron chi connectivity index (χ1n) is 7.85. The molecule has 22 heavy (non-hydrogen) atoms. The highest BCUT2D eigenvalue weighted by molar-refractivity contribution is 5.73. The quantitative estimate of drug-likeness (QED) is 0.758. The number of carbonyl (C=O) groups excluding carboxylic acids is 1. The number of hydrogen-bond acceptors (Lipinski definition) is 3. The summed E-state index contributed by atoms with van der Waals surface area (Å²) in [4.78, 5) is 13.4. The monoisotopic (exact) mass is 306 g/mol. The first kappa shape index (κ1) is 16.6. The van der Waals surface area contributed by atoms with Crippen molar-refractivity contribution in [2.75, 3.05) is 26.7 Å². The standard InChI is InChI=1S/C17H26N2O3/c1-12-5-4-6-13(2)16(12)22-10-9-18-17(21)19(3)11-15(20)14-7-8-14/h4-6,14-15,20H,7-11H2,1-3H3,(H,18,21). The number of benzene rings is 1. The maximum absolute atomic E-state index is 11.9. The molecule has 0 aromatic heterocycles. The van der Waals surface area contributed by atoms with E-state index in [0.29, 0.717) is 25.6 Å². The van der Waals surface area contributed by atoms with Crippen LogP contribution in [0.15, 0.2) is 18.2 Å². The predicted molar refractivity (Wildman–Crippen MR) is 86.2 cm³/mol. The Morgan fingerprint density at radius 1 is 1.41 bits per heavy atom. The van der Waals surface area contributed by atoms with Crippen molar-refractivity contribution in [3.63, 3.8) is 0 Å². The number of carbonyl (C=O) groups is 1. The van der Waals surface area contributed by atoms with Crippen LogP contribution in [0.25, 0.3) is 0 Å². The Morgan fingerprint density at radius 3 is 2.64 bits per heavy atom. The molecular formula is C17H26N2O3. The van der Waals surface area contributed by atoms with E-state index in [2.05, 4.69) is 5.32 Å². The fraction of sp³-hybridized carbons (Fsp3) is 0.588. The van der Waals surface area contributed by atoms with Gasteiger partial charge in [-0.1, -0.05) is 18.2 Å². The highest BCUT2D eigenvalue weighted by Gasteiger charge is 2.31. The number of aryl methyl sites for hydroxylation is 2. The van der Waals surface area contributed by atoms with Crippen LogP contribution in [-0.2, 0) is 0 Å². The van der Waals surface area contributed by atoms with E-state index >= 15 is 0 Å². The summed E-state index contributed by atoms with van der Waals surface area (Å²) in [5, 5.41) is 12.7. The maximum atomic E-state index is 11.9. The van der Waals surface area contributed by atoms with Gasteiger partial charge in [0.2, 0.25) is 0 Å². The minimum absolute atomic E-state index is 0.176. The molecular weight excluding hydrogens is 280 g/mol. The van der Waals surface area contributed by atoms with E-state index in [-0.39, 0.29) is 6.03 Å². The van der Waals surface area contributed by atoms with Crippen LogP contribution >= 0.6 is 0 Å². The summed E-state index contributed by atoms with van der Waals surface area (Å²) in [5.41, 5.74) is 2.19. The Balaban J connectivity index is 1.68. The molecule has 1 atom stereocenters. The van der Waals surface area contributed by atoms with Gasteiger partial charge in [0.15, 0.2) is 0 Å². The minimum Gasteiger partial charge on any atom is -0.491 e. The third-order valence-corrected chi connectivity index (χ3v) is 4.01. The number of amides is 2. The lowest BCUT2D eigenvalue weighted by atomic mass is 10.1.